The van der Waals surface area contributed by atoms with Crippen LogP contribution >= 0.6 is 0 Å². The van der Waals surface area contributed by atoms with Crippen molar-refractivity contribution < 1.29 is 14.3 Å². The summed E-state index contributed by atoms with van der Waals surface area (Å²) >= 11 is 0. The minimum absolute atomic E-state index is 0.0282. The van der Waals surface area contributed by atoms with Crippen LogP contribution in [0.5, 0.6) is 0 Å². The minimum atomic E-state index is -0.659. The maximum absolute atomic E-state index is 12.2. The highest BCUT2D eigenvalue weighted by atomic mass is 16.4. The van der Waals surface area contributed by atoms with Gasteiger partial charge in [-0.25, -0.2) is 4.79 Å². The summed E-state index contributed by atoms with van der Waals surface area (Å²) in [6.07, 6.45) is 4.90. The molecule has 1 atom stereocenters. The minimum Gasteiger partial charge on any atom is -0.422 e. The van der Waals surface area contributed by atoms with Crippen LogP contribution in [0.25, 0.3) is 11.0 Å². The predicted octanol–water partition coefficient (Wildman–Crippen LogP) is 2.46. The van der Waals surface area contributed by atoms with Crippen molar-refractivity contribution in [2.24, 2.45) is 5.92 Å². The topological polar surface area (TPSA) is 79.5 Å². The molecule has 1 aromatic carbocycles. The number of aliphatic hydroxyl groups is 1. The average molecular weight is 315 g/mol. The van der Waals surface area contributed by atoms with Crippen molar-refractivity contribution >= 4 is 16.9 Å². The van der Waals surface area contributed by atoms with Crippen LogP contribution in [0.1, 0.15) is 42.5 Å². The number of amides is 1. The lowest BCUT2D eigenvalue weighted by molar-refractivity contribution is 0.0736. The van der Waals surface area contributed by atoms with E-state index in [1.165, 1.54) is 12.5 Å². The van der Waals surface area contributed by atoms with Crippen molar-refractivity contribution in [2.75, 3.05) is 6.54 Å². The lowest BCUT2D eigenvalue weighted by Crippen LogP contribution is -2.38. The molecule has 1 amide bonds. The van der Waals surface area contributed by atoms with Gasteiger partial charge in [-0.3, -0.25) is 4.79 Å². The summed E-state index contributed by atoms with van der Waals surface area (Å²) in [5.74, 6) is -0.267. The monoisotopic (exact) mass is 315 g/mol. The summed E-state index contributed by atoms with van der Waals surface area (Å²) in [6, 6.07) is 8.59. The third kappa shape index (κ3) is 3.62. The number of carbonyl (C=O) groups is 1. The number of hydrogen-bond acceptors (Lipinski definition) is 4. The molecule has 0 aliphatic heterocycles. The van der Waals surface area contributed by atoms with Crippen molar-refractivity contribution in [3.05, 3.63) is 46.3 Å². The number of rotatable bonds is 4. The largest absolute Gasteiger partial charge is 0.422 e. The average Bonchev–Trinajstić information content (AvgIpc) is 2.59. The summed E-state index contributed by atoms with van der Waals surface area (Å²) in [4.78, 5) is 24.1. The molecule has 0 radical (unpaired) electrons. The van der Waals surface area contributed by atoms with Crippen molar-refractivity contribution in [1.29, 1.82) is 0 Å². The van der Waals surface area contributed by atoms with E-state index in [-0.39, 0.29) is 18.0 Å². The van der Waals surface area contributed by atoms with Crippen LogP contribution in [0.4, 0.5) is 0 Å². The Kier molecular flexibility index (Phi) is 4.76. The van der Waals surface area contributed by atoms with Crippen LogP contribution in [0, 0.1) is 5.92 Å². The molecule has 0 bridgehead atoms. The van der Waals surface area contributed by atoms with Gasteiger partial charge in [0.15, 0.2) is 0 Å². The lowest BCUT2D eigenvalue weighted by atomic mass is 9.85. The van der Waals surface area contributed by atoms with Crippen LogP contribution in [0.2, 0.25) is 0 Å². The molecule has 1 saturated carbocycles. The predicted molar refractivity (Wildman–Crippen MR) is 87.4 cm³/mol. The number of fused-ring (bicyclic) bond motifs is 1. The zero-order valence-corrected chi connectivity index (χ0v) is 13.0. The van der Waals surface area contributed by atoms with Crippen molar-refractivity contribution in [2.45, 2.75) is 38.2 Å². The second-order valence-electron chi connectivity index (χ2n) is 6.16. The fourth-order valence-electron chi connectivity index (χ4n) is 3.20. The van der Waals surface area contributed by atoms with Gasteiger partial charge < -0.3 is 14.8 Å². The van der Waals surface area contributed by atoms with E-state index >= 15 is 0 Å². The van der Waals surface area contributed by atoms with E-state index in [0.29, 0.717) is 11.0 Å². The standard InChI is InChI=1S/C18H21NO4/c20-15(12-6-2-1-3-7-12)11-19-17(21)14-10-13-8-4-5-9-16(13)23-18(14)22/h4-5,8-10,12,15,20H,1-3,6-7,11H2,(H,19,21). The van der Waals surface area contributed by atoms with Gasteiger partial charge in [0.1, 0.15) is 11.1 Å². The Labute approximate surface area is 134 Å². The molecular formula is C18H21NO4. The van der Waals surface area contributed by atoms with Crippen LogP contribution < -0.4 is 10.9 Å². The summed E-state index contributed by atoms with van der Waals surface area (Å²) in [7, 11) is 0. The maximum Gasteiger partial charge on any atom is 0.349 e. The molecule has 122 valence electrons. The third-order valence-electron chi connectivity index (χ3n) is 4.55. The first kappa shape index (κ1) is 15.7. The van der Waals surface area contributed by atoms with E-state index in [9.17, 15) is 14.7 Å². The number of para-hydroxylation sites is 1. The van der Waals surface area contributed by atoms with Crippen LogP contribution in [0.3, 0.4) is 0 Å². The number of hydrogen-bond donors (Lipinski definition) is 2. The van der Waals surface area contributed by atoms with Crippen LogP contribution in [-0.4, -0.2) is 23.7 Å². The van der Waals surface area contributed by atoms with Gasteiger partial charge >= 0.3 is 5.63 Å². The van der Waals surface area contributed by atoms with Gasteiger partial charge in [0.2, 0.25) is 0 Å². The highest BCUT2D eigenvalue weighted by Crippen LogP contribution is 2.26. The van der Waals surface area contributed by atoms with Gasteiger partial charge in [-0.1, -0.05) is 37.5 Å². The Balaban J connectivity index is 1.68. The maximum atomic E-state index is 12.2. The van der Waals surface area contributed by atoms with Crippen molar-refractivity contribution in [3.8, 4) is 0 Å². The summed E-state index contributed by atoms with van der Waals surface area (Å²) in [5, 5.41) is 13.5. The second kappa shape index (κ2) is 6.96. The quantitative estimate of drug-likeness (QED) is 0.850. The molecule has 23 heavy (non-hydrogen) atoms. The zero-order valence-electron chi connectivity index (χ0n) is 13.0. The van der Waals surface area contributed by atoms with Gasteiger partial charge in [-0.05, 0) is 30.9 Å². The molecule has 1 aromatic heterocycles. The number of benzene rings is 1. The molecular weight excluding hydrogens is 294 g/mol. The fourth-order valence-corrected chi connectivity index (χ4v) is 3.20. The Morgan fingerprint density at radius 3 is 2.78 bits per heavy atom. The second-order valence-corrected chi connectivity index (χ2v) is 6.16. The highest BCUT2D eigenvalue weighted by Gasteiger charge is 2.23. The number of nitrogens with one attached hydrogen (secondary N) is 1. The van der Waals surface area contributed by atoms with Gasteiger partial charge in [0.05, 0.1) is 6.10 Å². The lowest BCUT2D eigenvalue weighted by Gasteiger charge is -2.26. The normalized spacial score (nSPS) is 17.1. The SMILES string of the molecule is O=C(NCC(O)C1CCCCC1)c1cc2ccccc2oc1=O. The van der Waals surface area contributed by atoms with Crippen LogP contribution in [-0.2, 0) is 0 Å². The molecule has 2 N–H and O–H groups in total. The Hall–Kier alpha value is -2.14. The first-order valence-corrected chi connectivity index (χ1v) is 8.14. The van der Waals surface area contributed by atoms with E-state index in [4.69, 9.17) is 4.42 Å². The Morgan fingerprint density at radius 1 is 1.26 bits per heavy atom. The molecule has 0 spiro atoms. The molecule has 3 rings (SSSR count). The van der Waals surface area contributed by atoms with E-state index in [1.54, 1.807) is 18.2 Å². The molecule has 0 saturated heterocycles. The van der Waals surface area contributed by atoms with E-state index < -0.39 is 17.6 Å². The fraction of sp³-hybridized carbons (Fsp3) is 0.444. The molecule has 1 aliphatic rings. The van der Waals surface area contributed by atoms with Gasteiger partial charge in [0.25, 0.3) is 5.91 Å². The van der Waals surface area contributed by atoms with Crippen LogP contribution in [0.15, 0.2) is 39.5 Å². The van der Waals surface area contributed by atoms with Gasteiger partial charge in [-0.15, -0.1) is 0 Å². The molecule has 5 heteroatoms. The van der Waals surface area contributed by atoms with Gasteiger partial charge in [0, 0.05) is 11.9 Å². The summed E-state index contributed by atoms with van der Waals surface area (Å²) in [6.45, 7) is 0.162. The van der Waals surface area contributed by atoms with E-state index in [2.05, 4.69) is 5.32 Å². The molecule has 1 heterocycles. The smallest absolute Gasteiger partial charge is 0.349 e. The third-order valence-corrected chi connectivity index (χ3v) is 4.55. The Bertz CT molecular complexity index is 746. The molecule has 2 aromatic rings. The molecule has 5 nitrogen and oxygen atoms in total. The molecule has 1 aliphatic carbocycles. The Morgan fingerprint density at radius 2 is 2.00 bits per heavy atom. The first-order chi connectivity index (χ1) is 11.1. The van der Waals surface area contributed by atoms with E-state index in [0.717, 1.165) is 25.7 Å². The van der Waals surface area contributed by atoms with E-state index in [1.807, 2.05) is 6.07 Å². The van der Waals surface area contributed by atoms with Crippen molar-refractivity contribution in [3.63, 3.8) is 0 Å². The van der Waals surface area contributed by atoms with Gasteiger partial charge in [-0.2, -0.15) is 0 Å². The number of carbonyl (C=O) groups excluding carboxylic acids is 1. The summed E-state index contributed by atoms with van der Waals surface area (Å²) < 4.78 is 5.16. The summed E-state index contributed by atoms with van der Waals surface area (Å²) in [5.41, 5.74) is -0.232. The highest BCUT2D eigenvalue weighted by molar-refractivity contribution is 5.96. The molecule has 1 fully saturated rings. The first-order valence-electron chi connectivity index (χ1n) is 8.14. The van der Waals surface area contributed by atoms with Crippen molar-refractivity contribution in [1.82, 2.24) is 5.32 Å². The number of aliphatic hydroxyl groups excluding tert-OH is 1. The zero-order chi connectivity index (χ0) is 16.2. The molecule has 1 unspecified atom stereocenters.